The Hall–Kier alpha value is -0.570. The van der Waals surface area contributed by atoms with Crippen LogP contribution in [0.1, 0.15) is 65.7 Å². The van der Waals surface area contributed by atoms with Crippen LogP contribution in [0.15, 0.2) is 0 Å². The molecular weight excluding hydrogens is 212 g/mol. The number of carbonyl (C=O) groups is 1. The highest BCUT2D eigenvalue weighted by atomic mass is 16.2. The Morgan fingerprint density at radius 3 is 2.00 bits per heavy atom. The fourth-order valence-electron chi connectivity index (χ4n) is 1.89. The van der Waals surface area contributed by atoms with Crippen molar-refractivity contribution in [2.75, 3.05) is 13.1 Å². The fraction of sp³-hybridized carbons (Fsp3) is 0.929. The largest absolute Gasteiger partial charge is 0.343 e. The van der Waals surface area contributed by atoms with Crippen LogP contribution in [0.4, 0.5) is 0 Å². The van der Waals surface area contributed by atoms with Crippen molar-refractivity contribution in [1.82, 2.24) is 4.90 Å². The molecule has 102 valence electrons. The van der Waals surface area contributed by atoms with Gasteiger partial charge in [-0.1, -0.05) is 40.0 Å². The molecule has 0 aromatic rings. The fourth-order valence-corrected chi connectivity index (χ4v) is 1.89. The molecule has 3 nitrogen and oxygen atoms in total. The monoisotopic (exact) mass is 242 g/mol. The van der Waals surface area contributed by atoms with Gasteiger partial charge in [0.25, 0.3) is 0 Å². The molecule has 0 bridgehead atoms. The van der Waals surface area contributed by atoms with E-state index in [1.54, 1.807) is 0 Å². The molecule has 0 aromatic heterocycles. The Morgan fingerprint density at radius 2 is 1.59 bits per heavy atom. The lowest BCUT2D eigenvalue weighted by Crippen LogP contribution is -2.37. The van der Waals surface area contributed by atoms with Crippen molar-refractivity contribution in [1.29, 1.82) is 0 Å². The van der Waals surface area contributed by atoms with Gasteiger partial charge in [0.15, 0.2) is 0 Å². The highest BCUT2D eigenvalue weighted by Gasteiger charge is 2.15. The zero-order valence-electron chi connectivity index (χ0n) is 11.9. The van der Waals surface area contributed by atoms with Crippen molar-refractivity contribution in [3.63, 3.8) is 0 Å². The predicted molar refractivity (Wildman–Crippen MR) is 73.9 cm³/mol. The molecular formula is C14H30N2O. The molecule has 0 aromatic carbocycles. The van der Waals surface area contributed by atoms with E-state index < -0.39 is 0 Å². The molecule has 17 heavy (non-hydrogen) atoms. The molecule has 2 N–H and O–H groups in total. The molecule has 1 amide bonds. The van der Waals surface area contributed by atoms with E-state index in [0.29, 0.717) is 6.42 Å². The van der Waals surface area contributed by atoms with Crippen LogP contribution in [-0.4, -0.2) is 29.9 Å². The molecule has 0 rings (SSSR count). The lowest BCUT2D eigenvalue weighted by molar-refractivity contribution is -0.131. The Kier molecular flexibility index (Phi) is 10.2. The molecule has 0 aliphatic heterocycles. The van der Waals surface area contributed by atoms with E-state index >= 15 is 0 Å². The standard InChI is InChI=1S/C14H30N2O/c1-4-7-10-16(11-8-5-2)14(17)12-13(15)9-6-3/h13H,4-12,15H2,1-3H3. The second kappa shape index (κ2) is 10.6. The van der Waals surface area contributed by atoms with Gasteiger partial charge in [0.1, 0.15) is 0 Å². The maximum atomic E-state index is 12.1. The molecule has 0 aliphatic rings. The average molecular weight is 242 g/mol. The quantitative estimate of drug-likeness (QED) is 0.640. The third-order valence-corrected chi connectivity index (χ3v) is 3.01. The van der Waals surface area contributed by atoms with Crippen LogP contribution < -0.4 is 5.73 Å². The van der Waals surface area contributed by atoms with Gasteiger partial charge in [-0.15, -0.1) is 0 Å². The third-order valence-electron chi connectivity index (χ3n) is 3.01. The first-order chi connectivity index (χ1) is 8.15. The van der Waals surface area contributed by atoms with Crippen molar-refractivity contribution in [3.8, 4) is 0 Å². The summed E-state index contributed by atoms with van der Waals surface area (Å²) in [7, 11) is 0. The summed E-state index contributed by atoms with van der Waals surface area (Å²) in [5.74, 6) is 0.243. The number of carbonyl (C=O) groups excluding carboxylic acids is 1. The summed E-state index contributed by atoms with van der Waals surface area (Å²) in [6, 6.07) is 0.0400. The van der Waals surface area contributed by atoms with Crippen LogP contribution >= 0.6 is 0 Å². The first-order valence-electron chi connectivity index (χ1n) is 7.18. The Labute approximate surface area is 107 Å². The van der Waals surface area contributed by atoms with Gasteiger partial charge in [-0.05, 0) is 19.3 Å². The minimum Gasteiger partial charge on any atom is -0.343 e. The van der Waals surface area contributed by atoms with Crippen LogP contribution in [-0.2, 0) is 4.79 Å². The minimum atomic E-state index is 0.0400. The zero-order valence-corrected chi connectivity index (χ0v) is 11.9. The van der Waals surface area contributed by atoms with Gasteiger partial charge < -0.3 is 10.6 Å². The lowest BCUT2D eigenvalue weighted by Gasteiger charge is -2.24. The Bertz CT molecular complexity index is 187. The number of rotatable bonds is 10. The van der Waals surface area contributed by atoms with E-state index in [2.05, 4.69) is 20.8 Å². The topological polar surface area (TPSA) is 46.3 Å². The van der Waals surface area contributed by atoms with Crippen molar-refractivity contribution >= 4 is 5.91 Å². The number of unbranched alkanes of at least 4 members (excludes halogenated alkanes) is 2. The summed E-state index contributed by atoms with van der Waals surface area (Å²) in [5.41, 5.74) is 5.93. The van der Waals surface area contributed by atoms with Crippen molar-refractivity contribution in [2.45, 2.75) is 71.8 Å². The SMILES string of the molecule is CCCCN(CCCC)C(=O)CC(N)CCC. The molecule has 0 heterocycles. The number of amides is 1. The molecule has 3 heteroatoms. The van der Waals surface area contributed by atoms with Gasteiger partial charge in [0, 0.05) is 25.6 Å². The molecule has 0 radical (unpaired) electrons. The van der Waals surface area contributed by atoms with Gasteiger partial charge >= 0.3 is 0 Å². The zero-order chi connectivity index (χ0) is 13.1. The van der Waals surface area contributed by atoms with E-state index in [4.69, 9.17) is 5.73 Å². The summed E-state index contributed by atoms with van der Waals surface area (Å²) in [5, 5.41) is 0. The van der Waals surface area contributed by atoms with Gasteiger partial charge in [0.05, 0.1) is 0 Å². The van der Waals surface area contributed by atoms with E-state index in [-0.39, 0.29) is 11.9 Å². The number of nitrogens with zero attached hydrogens (tertiary/aromatic N) is 1. The third kappa shape index (κ3) is 8.19. The van der Waals surface area contributed by atoms with E-state index in [9.17, 15) is 4.79 Å². The van der Waals surface area contributed by atoms with Crippen molar-refractivity contribution in [3.05, 3.63) is 0 Å². The van der Waals surface area contributed by atoms with E-state index in [0.717, 1.165) is 51.6 Å². The molecule has 0 aliphatic carbocycles. The normalized spacial score (nSPS) is 12.5. The number of hydrogen-bond acceptors (Lipinski definition) is 2. The molecule has 0 spiro atoms. The lowest BCUT2D eigenvalue weighted by atomic mass is 10.1. The van der Waals surface area contributed by atoms with Crippen molar-refractivity contribution < 1.29 is 4.79 Å². The Balaban J connectivity index is 4.10. The number of nitrogens with two attached hydrogens (primary N) is 1. The van der Waals surface area contributed by atoms with E-state index in [1.165, 1.54) is 0 Å². The average Bonchev–Trinajstić information content (AvgIpc) is 2.29. The second-order valence-electron chi connectivity index (χ2n) is 4.84. The van der Waals surface area contributed by atoms with Crippen LogP contribution in [0, 0.1) is 0 Å². The van der Waals surface area contributed by atoms with Crippen molar-refractivity contribution in [2.24, 2.45) is 5.73 Å². The minimum absolute atomic E-state index is 0.0400. The predicted octanol–water partition coefficient (Wildman–Crippen LogP) is 2.93. The summed E-state index contributed by atoms with van der Waals surface area (Å²) >= 11 is 0. The van der Waals surface area contributed by atoms with Gasteiger partial charge in [-0.25, -0.2) is 0 Å². The van der Waals surface area contributed by atoms with Crippen LogP contribution in [0.25, 0.3) is 0 Å². The van der Waals surface area contributed by atoms with Crippen LogP contribution in [0.3, 0.4) is 0 Å². The molecule has 1 atom stereocenters. The summed E-state index contributed by atoms with van der Waals surface area (Å²) in [6.45, 7) is 8.22. The highest BCUT2D eigenvalue weighted by Crippen LogP contribution is 2.06. The first kappa shape index (κ1) is 16.4. The molecule has 0 fully saturated rings. The van der Waals surface area contributed by atoms with E-state index in [1.807, 2.05) is 4.90 Å². The van der Waals surface area contributed by atoms with Crippen LogP contribution in [0.5, 0.6) is 0 Å². The summed E-state index contributed by atoms with van der Waals surface area (Å²) in [4.78, 5) is 14.1. The molecule has 0 saturated heterocycles. The maximum Gasteiger partial charge on any atom is 0.224 e. The number of hydrogen-bond donors (Lipinski definition) is 1. The molecule has 1 unspecified atom stereocenters. The summed E-state index contributed by atoms with van der Waals surface area (Å²) in [6.07, 6.45) is 6.98. The smallest absolute Gasteiger partial charge is 0.224 e. The van der Waals surface area contributed by atoms with Gasteiger partial charge in [-0.3, -0.25) is 4.79 Å². The van der Waals surface area contributed by atoms with Crippen LogP contribution in [0.2, 0.25) is 0 Å². The first-order valence-corrected chi connectivity index (χ1v) is 7.18. The Morgan fingerprint density at radius 1 is 1.06 bits per heavy atom. The summed E-state index contributed by atoms with van der Waals surface area (Å²) < 4.78 is 0. The van der Waals surface area contributed by atoms with Gasteiger partial charge in [-0.2, -0.15) is 0 Å². The molecule has 0 saturated carbocycles. The highest BCUT2D eigenvalue weighted by molar-refractivity contribution is 5.76. The second-order valence-corrected chi connectivity index (χ2v) is 4.84. The maximum absolute atomic E-state index is 12.1. The van der Waals surface area contributed by atoms with Gasteiger partial charge in [0.2, 0.25) is 5.91 Å².